The molecule has 1 aliphatic heterocycles. The van der Waals surface area contributed by atoms with Crippen LogP contribution in [-0.2, 0) is 4.79 Å². The topological polar surface area (TPSA) is 70.1 Å². The molecule has 8 heteroatoms. The number of para-hydroxylation sites is 1. The minimum atomic E-state index is -0.419. The van der Waals surface area contributed by atoms with Gasteiger partial charge in [0.25, 0.3) is 11.2 Å². The van der Waals surface area contributed by atoms with Gasteiger partial charge in [0.1, 0.15) is 5.75 Å². The lowest BCUT2D eigenvalue weighted by molar-refractivity contribution is -0.126. The fourth-order valence-corrected chi connectivity index (χ4v) is 6.08. The summed E-state index contributed by atoms with van der Waals surface area (Å²) in [5.74, 6) is 0.123. The molecule has 42 heavy (non-hydrogen) atoms. The van der Waals surface area contributed by atoms with Crippen molar-refractivity contribution in [3.8, 4) is 22.6 Å². The van der Waals surface area contributed by atoms with Crippen LogP contribution < -0.4 is 10.5 Å². The van der Waals surface area contributed by atoms with E-state index in [1.54, 1.807) is 15.5 Å². The van der Waals surface area contributed by atoms with Crippen molar-refractivity contribution in [1.82, 2.24) is 9.47 Å². The third-order valence-corrected chi connectivity index (χ3v) is 8.36. The van der Waals surface area contributed by atoms with Crippen LogP contribution in [-0.4, -0.2) is 46.2 Å². The lowest BCUT2D eigenvalue weighted by Crippen LogP contribution is -2.53. The number of anilines is 1. The van der Waals surface area contributed by atoms with Crippen LogP contribution in [0.15, 0.2) is 72.0 Å². The van der Waals surface area contributed by atoms with Gasteiger partial charge >= 0.3 is 0 Å². The zero-order valence-corrected chi connectivity index (χ0v) is 24.9. The molecule has 1 N–H and O–H groups in total. The SMILES string of the molecule is [C-]#[N+]c1c(N2CCN(C(=O)C=C)C[C@@H]2C)c2cc(Cl)c(-c3ccc(C)c(O)c3)cc2n(-c2ccccc2C(C)C)c1=O. The Bertz CT molecular complexity index is 1840. The number of aromatic hydroxyl groups is 1. The second-order valence-corrected chi connectivity index (χ2v) is 11.5. The van der Waals surface area contributed by atoms with Crippen LogP contribution in [0.4, 0.5) is 11.4 Å². The van der Waals surface area contributed by atoms with Gasteiger partial charge in [-0.1, -0.05) is 62.4 Å². The molecule has 1 aromatic heterocycles. The van der Waals surface area contributed by atoms with Gasteiger partial charge < -0.3 is 14.9 Å². The van der Waals surface area contributed by atoms with Crippen LogP contribution in [0, 0.1) is 13.5 Å². The first-order valence-electron chi connectivity index (χ1n) is 13.9. The first-order chi connectivity index (χ1) is 20.1. The van der Waals surface area contributed by atoms with Gasteiger partial charge in [-0.15, -0.1) is 0 Å². The molecule has 0 saturated carbocycles. The second-order valence-electron chi connectivity index (χ2n) is 11.0. The number of hydrogen-bond acceptors (Lipinski definition) is 4. The maximum absolute atomic E-state index is 14.4. The largest absolute Gasteiger partial charge is 0.508 e. The van der Waals surface area contributed by atoms with E-state index in [0.717, 1.165) is 11.1 Å². The molecule has 1 atom stereocenters. The van der Waals surface area contributed by atoms with E-state index in [0.29, 0.717) is 58.1 Å². The summed E-state index contributed by atoms with van der Waals surface area (Å²) >= 11 is 6.95. The van der Waals surface area contributed by atoms with Crippen LogP contribution in [0.3, 0.4) is 0 Å². The average molecular weight is 581 g/mol. The molecule has 0 radical (unpaired) electrons. The van der Waals surface area contributed by atoms with E-state index >= 15 is 0 Å². The zero-order chi connectivity index (χ0) is 30.3. The molecule has 3 aromatic carbocycles. The summed E-state index contributed by atoms with van der Waals surface area (Å²) in [6.07, 6.45) is 1.31. The summed E-state index contributed by atoms with van der Waals surface area (Å²) in [5.41, 5.74) is 4.49. The van der Waals surface area contributed by atoms with Crippen molar-refractivity contribution in [2.75, 3.05) is 24.5 Å². The number of piperazine rings is 1. The third kappa shape index (κ3) is 4.93. The van der Waals surface area contributed by atoms with E-state index in [1.165, 1.54) is 6.08 Å². The molecular formula is C34H33ClN4O3. The fraction of sp³-hybridized carbons (Fsp3) is 0.265. The van der Waals surface area contributed by atoms with Gasteiger partial charge in [0.05, 0.1) is 23.5 Å². The first kappa shape index (κ1) is 29.0. The molecule has 4 aromatic rings. The van der Waals surface area contributed by atoms with Gasteiger partial charge in [-0.05, 0) is 66.8 Å². The molecule has 1 saturated heterocycles. The van der Waals surface area contributed by atoms with Gasteiger partial charge in [-0.2, -0.15) is 0 Å². The van der Waals surface area contributed by atoms with E-state index in [9.17, 15) is 14.7 Å². The summed E-state index contributed by atoms with van der Waals surface area (Å²) in [6.45, 7) is 21.0. The molecule has 5 rings (SSSR count). The van der Waals surface area contributed by atoms with Crippen LogP contribution in [0.1, 0.15) is 37.8 Å². The van der Waals surface area contributed by atoms with Crippen molar-refractivity contribution in [1.29, 1.82) is 0 Å². The summed E-state index contributed by atoms with van der Waals surface area (Å²) in [6, 6.07) is 16.6. The van der Waals surface area contributed by atoms with E-state index in [1.807, 2.05) is 67.3 Å². The van der Waals surface area contributed by atoms with Crippen molar-refractivity contribution in [2.45, 2.75) is 39.7 Å². The van der Waals surface area contributed by atoms with Crippen molar-refractivity contribution < 1.29 is 9.90 Å². The van der Waals surface area contributed by atoms with Crippen molar-refractivity contribution >= 4 is 39.8 Å². The Morgan fingerprint density at radius 1 is 1.17 bits per heavy atom. The molecule has 0 aliphatic carbocycles. The summed E-state index contributed by atoms with van der Waals surface area (Å²) < 4.78 is 1.62. The molecule has 0 unspecified atom stereocenters. The molecule has 1 amide bonds. The Hall–Kier alpha value is -4.54. The number of fused-ring (bicyclic) bond motifs is 1. The number of carbonyl (C=O) groups excluding carboxylic acids is 1. The predicted octanol–water partition coefficient (Wildman–Crippen LogP) is 7.22. The lowest BCUT2D eigenvalue weighted by Gasteiger charge is -2.42. The summed E-state index contributed by atoms with van der Waals surface area (Å²) in [5, 5.41) is 11.6. The highest BCUT2D eigenvalue weighted by Crippen LogP contribution is 2.42. The average Bonchev–Trinajstić information content (AvgIpc) is 2.97. The first-order valence-corrected chi connectivity index (χ1v) is 14.3. The Morgan fingerprint density at radius 3 is 2.55 bits per heavy atom. The number of nitrogens with zero attached hydrogens (tertiary/aromatic N) is 4. The number of halogens is 1. The Morgan fingerprint density at radius 2 is 1.90 bits per heavy atom. The number of phenolic OH excluding ortho intramolecular Hbond substituents is 1. The Labute approximate surface area is 250 Å². The standard InChI is InChI=1S/C34H33ClN4O3/c1-7-31(41)37-14-15-38(22(5)19-37)33-26-17-27(35)25(23-13-12-21(4)30(40)16-23)18-29(26)39(34(42)32(33)36-6)28-11-9-8-10-24(28)20(2)3/h7-13,16-18,20,22,40H,1,14-15,19H2,2-5H3/t22-/m0/s1. The number of pyridine rings is 1. The molecule has 214 valence electrons. The van der Waals surface area contributed by atoms with Crippen LogP contribution in [0.5, 0.6) is 5.75 Å². The number of carbonyl (C=O) groups is 1. The molecule has 2 heterocycles. The molecule has 0 spiro atoms. The molecule has 1 aliphatic rings. The summed E-state index contributed by atoms with van der Waals surface area (Å²) in [4.78, 5) is 34.3. The van der Waals surface area contributed by atoms with Crippen molar-refractivity contribution in [2.24, 2.45) is 0 Å². The number of benzene rings is 3. The van der Waals surface area contributed by atoms with Crippen LogP contribution >= 0.6 is 11.6 Å². The Kier molecular flexibility index (Phi) is 7.85. The maximum atomic E-state index is 14.4. The number of aryl methyl sites for hydroxylation is 1. The molecular weight excluding hydrogens is 548 g/mol. The minimum Gasteiger partial charge on any atom is -0.508 e. The lowest BCUT2D eigenvalue weighted by atomic mass is 9.98. The van der Waals surface area contributed by atoms with Crippen LogP contribution in [0.2, 0.25) is 5.02 Å². The predicted molar refractivity (Wildman–Crippen MR) is 170 cm³/mol. The number of amides is 1. The number of aromatic nitrogens is 1. The molecule has 0 bridgehead atoms. The number of phenols is 1. The van der Waals surface area contributed by atoms with Gasteiger partial charge in [-0.25, -0.2) is 4.85 Å². The van der Waals surface area contributed by atoms with Gasteiger partial charge in [0.2, 0.25) is 5.91 Å². The van der Waals surface area contributed by atoms with E-state index in [4.69, 9.17) is 18.2 Å². The van der Waals surface area contributed by atoms with Gasteiger partial charge in [0.15, 0.2) is 0 Å². The third-order valence-electron chi connectivity index (χ3n) is 8.04. The maximum Gasteiger partial charge on any atom is 0.274 e. The number of hydrogen-bond donors (Lipinski definition) is 1. The smallest absolute Gasteiger partial charge is 0.274 e. The zero-order valence-electron chi connectivity index (χ0n) is 24.2. The minimum absolute atomic E-state index is 0.00760. The second kappa shape index (κ2) is 11.4. The van der Waals surface area contributed by atoms with Crippen molar-refractivity contribution in [3.63, 3.8) is 0 Å². The molecule has 7 nitrogen and oxygen atoms in total. The normalized spacial score (nSPS) is 15.2. The van der Waals surface area contributed by atoms with E-state index < -0.39 is 5.56 Å². The van der Waals surface area contributed by atoms with E-state index in [-0.39, 0.29) is 29.3 Å². The molecule has 1 fully saturated rings. The van der Waals surface area contributed by atoms with Gasteiger partial charge in [0, 0.05) is 41.6 Å². The highest BCUT2D eigenvalue weighted by molar-refractivity contribution is 6.34. The van der Waals surface area contributed by atoms with Crippen LogP contribution in [0.25, 0.3) is 32.6 Å². The monoisotopic (exact) mass is 580 g/mol. The fourth-order valence-electron chi connectivity index (χ4n) is 5.81. The van der Waals surface area contributed by atoms with Gasteiger partial charge in [-0.3, -0.25) is 14.2 Å². The quantitative estimate of drug-likeness (QED) is 0.200. The summed E-state index contributed by atoms with van der Waals surface area (Å²) in [7, 11) is 0. The number of rotatable bonds is 5. The van der Waals surface area contributed by atoms with Crippen molar-refractivity contribution in [3.05, 3.63) is 105 Å². The highest BCUT2D eigenvalue weighted by atomic mass is 35.5. The highest BCUT2D eigenvalue weighted by Gasteiger charge is 2.31. The van der Waals surface area contributed by atoms with E-state index in [2.05, 4.69) is 25.3 Å². The Balaban J connectivity index is 1.86.